The summed E-state index contributed by atoms with van der Waals surface area (Å²) in [5.41, 5.74) is 0.111. The summed E-state index contributed by atoms with van der Waals surface area (Å²) in [6.45, 7) is 0.786. The third-order valence-corrected chi connectivity index (χ3v) is 4.55. The molecule has 0 N–H and O–H groups in total. The van der Waals surface area contributed by atoms with E-state index in [4.69, 9.17) is 4.74 Å². The van der Waals surface area contributed by atoms with Gasteiger partial charge in [-0.3, -0.25) is 9.78 Å². The first kappa shape index (κ1) is 12.5. The van der Waals surface area contributed by atoms with Crippen LogP contribution in [-0.4, -0.2) is 40.0 Å². The largest absolute Gasteiger partial charge is 0.550 e. The molecule has 21 heavy (non-hydrogen) atoms. The number of carbonyl (C=O) groups is 2. The second-order valence-electron chi connectivity index (χ2n) is 5.77. The number of pyridine rings is 1. The summed E-state index contributed by atoms with van der Waals surface area (Å²) in [5, 5.41) is 11.3. The summed E-state index contributed by atoms with van der Waals surface area (Å²) in [6, 6.07) is 3.69. The van der Waals surface area contributed by atoms with Crippen molar-refractivity contribution < 1.29 is 19.4 Å². The number of carbonyl (C=O) groups excluding carboxylic acids is 2. The average molecular weight is 285 g/mol. The van der Waals surface area contributed by atoms with E-state index >= 15 is 0 Å². The van der Waals surface area contributed by atoms with Crippen molar-refractivity contribution in [1.82, 2.24) is 9.88 Å². The van der Waals surface area contributed by atoms with Crippen molar-refractivity contribution >= 4 is 11.9 Å². The number of hydrogen-bond donors (Lipinski definition) is 0. The first-order chi connectivity index (χ1) is 10.1. The van der Waals surface area contributed by atoms with E-state index in [9.17, 15) is 14.7 Å². The van der Waals surface area contributed by atoms with Gasteiger partial charge in [-0.25, -0.2) is 0 Å². The molecule has 0 radical (unpaired) electrons. The molecule has 2 fully saturated rings. The molecule has 6 nitrogen and oxygen atoms in total. The maximum absolute atomic E-state index is 12.6. The quantitative estimate of drug-likeness (QED) is 0.673. The smallest absolute Gasteiger partial charge is 0.230 e. The van der Waals surface area contributed by atoms with Crippen LogP contribution in [0.25, 0.3) is 0 Å². The number of aromatic nitrogens is 1. The fourth-order valence-corrected chi connectivity index (χ4v) is 3.69. The zero-order valence-corrected chi connectivity index (χ0v) is 11.1. The van der Waals surface area contributed by atoms with Gasteiger partial charge in [-0.15, -0.1) is 0 Å². The van der Waals surface area contributed by atoms with E-state index in [0.29, 0.717) is 13.1 Å². The first-order valence-electron chi connectivity index (χ1n) is 6.86. The molecule has 2 bridgehead atoms. The third-order valence-electron chi connectivity index (χ3n) is 4.55. The van der Waals surface area contributed by atoms with Gasteiger partial charge in [-0.2, -0.15) is 0 Å². The Morgan fingerprint density at radius 1 is 1.57 bits per heavy atom. The molecular formula is C15H13N2O4-. The van der Waals surface area contributed by atoms with Gasteiger partial charge in [-0.1, -0.05) is 18.2 Å². The number of fused-ring (bicyclic) bond motifs is 1. The lowest BCUT2D eigenvalue weighted by Crippen LogP contribution is -2.45. The van der Waals surface area contributed by atoms with Crippen molar-refractivity contribution in [1.29, 1.82) is 0 Å². The Bertz CT molecular complexity index is 644. The molecule has 4 heterocycles. The minimum absolute atomic E-state index is 0.181. The monoisotopic (exact) mass is 285 g/mol. The fourth-order valence-electron chi connectivity index (χ4n) is 3.69. The number of likely N-dealkylation sites (tertiary alicyclic amines) is 1. The Balaban J connectivity index is 1.63. The summed E-state index contributed by atoms with van der Waals surface area (Å²) in [6.07, 6.45) is 6.40. The van der Waals surface area contributed by atoms with Crippen LogP contribution in [0.3, 0.4) is 0 Å². The molecule has 0 unspecified atom stereocenters. The van der Waals surface area contributed by atoms with E-state index < -0.39 is 29.5 Å². The topological polar surface area (TPSA) is 82.6 Å². The second-order valence-corrected chi connectivity index (χ2v) is 5.77. The highest BCUT2D eigenvalue weighted by molar-refractivity contribution is 5.90. The molecule has 108 valence electrons. The van der Waals surface area contributed by atoms with Crippen LogP contribution in [0.5, 0.6) is 0 Å². The van der Waals surface area contributed by atoms with Crippen LogP contribution >= 0.6 is 0 Å². The molecule has 4 atom stereocenters. The molecule has 1 aromatic rings. The molecule has 6 heteroatoms. The molecular weight excluding hydrogens is 272 g/mol. The maximum atomic E-state index is 12.6. The van der Waals surface area contributed by atoms with E-state index in [1.807, 2.05) is 12.1 Å². The summed E-state index contributed by atoms with van der Waals surface area (Å²) >= 11 is 0. The molecule has 3 aliphatic heterocycles. The Morgan fingerprint density at radius 3 is 3.14 bits per heavy atom. The number of hydrogen-bond acceptors (Lipinski definition) is 5. The second kappa shape index (κ2) is 4.14. The van der Waals surface area contributed by atoms with Crippen molar-refractivity contribution in [3.63, 3.8) is 0 Å². The van der Waals surface area contributed by atoms with Crippen LogP contribution in [-0.2, 0) is 20.9 Å². The van der Waals surface area contributed by atoms with Gasteiger partial charge in [0, 0.05) is 30.8 Å². The van der Waals surface area contributed by atoms with Crippen LogP contribution in [0.4, 0.5) is 0 Å². The molecule has 2 saturated heterocycles. The zero-order valence-electron chi connectivity index (χ0n) is 11.1. The molecule has 1 spiro atoms. The Kier molecular flexibility index (Phi) is 2.47. The highest BCUT2D eigenvalue weighted by Gasteiger charge is 2.65. The fraction of sp³-hybridized carbons (Fsp3) is 0.400. The van der Waals surface area contributed by atoms with E-state index in [0.717, 1.165) is 5.56 Å². The molecule has 3 aliphatic rings. The molecule has 0 aliphatic carbocycles. The first-order valence-corrected chi connectivity index (χ1v) is 6.86. The molecule has 0 saturated carbocycles. The number of ether oxygens (including phenoxy) is 1. The predicted molar refractivity (Wildman–Crippen MR) is 68.4 cm³/mol. The number of rotatable bonds is 3. The van der Waals surface area contributed by atoms with Crippen molar-refractivity contribution in [3.05, 3.63) is 42.2 Å². The van der Waals surface area contributed by atoms with Gasteiger partial charge in [0.15, 0.2) is 0 Å². The molecule has 1 aromatic heterocycles. The minimum atomic E-state index is -1.21. The van der Waals surface area contributed by atoms with Crippen LogP contribution in [0.1, 0.15) is 5.56 Å². The summed E-state index contributed by atoms with van der Waals surface area (Å²) < 4.78 is 5.79. The SMILES string of the molecule is O=C([O-])[C@H]1[C@@H]2C=C[C@]3(CN(Cc4cccnc4)C(=O)[C@@H]13)O2. The van der Waals surface area contributed by atoms with E-state index in [1.165, 1.54) is 0 Å². The average Bonchev–Trinajstić information content (AvgIpc) is 3.09. The lowest BCUT2D eigenvalue weighted by molar-refractivity contribution is -0.313. The third kappa shape index (κ3) is 1.65. The van der Waals surface area contributed by atoms with Gasteiger partial charge in [0.1, 0.15) is 5.60 Å². The van der Waals surface area contributed by atoms with E-state index in [1.54, 1.807) is 29.4 Å². The van der Waals surface area contributed by atoms with Crippen molar-refractivity contribution in [3.8, 4) is 0 Å². The van der Waals surface area contributed by atoms with Gasteiger partial charge in [-0.05, 0) is 11.6 Å². The lowest BCUT2D eigenvalue weighted by Gasteiger charge is -2.24. The zero-order chi connectivity index (χ0) is 14.6. The molecule has 1 amide bonds. The highest BCUT2D eigenvalue weighted by Crippen LogP contribution is 2.51. The summed E-state index contributed by atoms with van der Waals surface area (Å²) in [7, 11) is 0. The van der Waals surface area contributed by atoms with Crippen molar-refractivity contribution in [2.75, 3.05) is 6.54 Å². The normalized spacial score (nSPS) is 36.3. The predicted octanol–water partition coefficient (Wildman–Crippen LogP) is -0.887. The summed E-state index contributed by atoms with van der Waals surface area (Å²) in [4.78, 5) is 29.6. The number of nitrogens with zero attached hydrogens (tertiary/aromatic N) is 2. The van der Waals surface area contributed by atoms with Crippen LogP contribution in [0.2, 0.25) is 0 Å². The van der Waals surface area contributed by atoms with Gasteiger partial charge in [0.05, 0.1) is 18.6 Å². The minimum Gasteiger partial charge on any atom is -0.550 e. The Hall–Kier alpha value is -2.21. The van der Waals surface area contributed by atoms with Crippen LogP contribution in [0, 0.1) is 11.8 Å². The van der Waals surface area contributed by atoms with Crippen molar-refractivity contribution in [2.45, 2.75) is 18.2 Å². The van der Waals surface area contributed by atoms with Crippen LogP contribution < -0.4 is 5.11 Å². The summed E-state index contributed by atoms with van der Waals surface area (Å²) in [5.74, 6) is -2.96. The number of carboxylic acids is 1. The van der Waals surface area contributed by atoms with E-state index in [-0.39, 0.29) is 5.91 Å². The van der Waals surface area contributed by atoms with Crippen LogP contribution in [0.15, 0.2) is 36.7 Å². The number of carboxylic acid groups (broad SMARTS) is 1. The van der Waals surface area contributed by atoms with Gasteiger partial charge < -0.3 is 19.5 Å². The molecule has 4 rings (SSSR count). The van der Waals surface area contributed by atoms with Gasteiger partial charge >= 0.3 is 0 Å². The number of aliphatic carboxylic acids is 1. The standard InChI is InChI=1S/C15H14N2O4/c18-13-12-11(14(19)20)10-3-4-15(12,21-10)8-17(13)7-9-2-1-5-16-6-9/h1-6,10-12H,7-8H2,(H,19,20)/p-1/t10-,11-,12+,15+/m0/s1. The van der Waals surface area contributed by atoms with Gasteiger partial charge in [0.25, 0.3) is 0 Å². The number of amides is 1. The van der Waals surface area contributed by atoms with Crippen molar-refractivity contribution in [2.24, 2.45) is 11.8 Å². The van der Waals surface area contributed by atoms with Gasteiger partial charge in [0.2, 0.25) is 5.91 Å². The van der Waals surface area contributed by atoms with E-state index in [2.05, 4.69) is 4.98 Å². The highest BCUT2D eigenvalue weighted by atomic mass is 16.5. The lowest BCUT2D eigenvalue weighted by atomic mass is 9.77. The Morgan fingerprint density at radius 2 is 2.43 bits per heavy atom. The molecule has 0 aromatic carbocycles. The Labute approximate surface area is 121 Å². The maximum Gasteiger partial charge on any atom is 0.230 e.